The summed E-state index contributed by atoms with van der Waals surface area (Å²) in [6, 6.07) is 6.03. The minimum Gasteiger partial charge on any atom is -0.386 e. The van der Waals surface area contributed by atoms with E-state index >= 15 is 0 Å². The second-order valence-electron chi connectivity index (χ2n) is 19.4. The van der Waals surface area contributed by atoms with Gasteiger partial charge >= 0.3 is 0 Å². The number of piperidine rings is 1. The van der Waals surface area contributed by atoms with Crippen molar-refractivity contribution in [2.75, 3.05) is 34.4 Å². The van der Waals surface area contributed by atoms with E-state index < -0.39 is 48.4 Å². The Morgan fingerprint density at radius 1 is 0.879 bits per heavy atom. The number of amides is 7. The van der Waals surface area contributed by atoms with Crippen LogP contribution >= 0.6 is 0 Å². The number of ether oxygens (including phenoxy) is 2. The van der Waals surface area contributed by atoms with Crippen molar-refractivity contribution in [1.29, 1.82) is 0 Å². The molecule has 7 amide bonds. The summed E-state index contributed by atoms with van der Waals surface area (Å²) in [7, 11) is 4.78. The molecule has 1 saturated carbocycles. The molecule has 2 unspecified atom stereocenters. The number of rotatable bonds is 24. The quantitative estimate of drug-likeness (QED) is 0.100. The SMILES string of the molecule is CC[C@H](C)[C@@H]([C@@H](CC(=O)N1CCCC1[C@H](OC)[C@@H](C)C(=O)N[C@H](C)[C@@H](O)c1ccccc1)OC)N(C)C(=O)C(NC(=O)[C@@H]1[C@H]2CC[C@H](C2)N1C(=O)CCCCCN1C(=O)C=CC1=O)C(C)C. The molecule has 2 saturated heterocycles. The highest BCUT2D eigenvalue weighted by Crippen LogP contribution is 2.43. The number of methoxy groups -OCH3 is 2. The zero-order chi connectivity index (χ0) is 48.4. The second kappa shape index (κ2) is 23.9. The van der Waals surface area contributed by atoms with E-state index in [1.54, 1.807) is 42.7 Å². The number of hydrogen-bond donors (Lipinski definition) is 3. The molecule has 66 heavy (non-hydrogen) atoms. The number of nitrogens with one attached hydrogen (secondary N) is 2. The van der Waals surface area contributed by atoms with Crippen LogP contribution in [0.3, 0.4) is 0 Å². The molecule has 3 aliphatic heterocycles. The van der Waals surface area contributed by atoms with E-state index in [9.17, 15) is 38.7 Å². The van der Waals surface area contributed by atoms with Crippen LogP contribution in [-0.4, -0.2) is 149 Å². The maximum Gasteiger partial charge on any atom is 0.253 e. The molecular weight excluding hydrogens is 845 g/mol. The van der Waals surface area contributed by atoms with Gasteiger partial charge in [-0.25, -0.2) is 0 Å². The van der Waals surface area contributed by atoms with Crippen LogP contribution in [-0.2, 0) is 43.0 Å². The Morgan fingerprint density at radius 3 is 2.18 bits per heavy atom. The first kappa shape index (κ1) is 52.3. The van der Waals surface area contributed by atoms with Crippen molar-refractivity contribution in [3.63, 3.8) is 0 Å². The molecule has 3 fully saturated rings. The van der Waals surface area contributed by atoms with Gasteiger partial charge in [0.1, 0.15) is 12.1 Å². The molecule has 12 atom stereocenters. The van der Waals surface area contributed by atoms with Crippen LogP contribution in [0.4, 0.5) is 0 Å². The summed E-state index contributed by atoms with van der Waals surface area (Å²) in [6.07, 6.45) is 6.76. The van der Waals surface area contributed by atoms with E-state index in [0.29, 0.717) is 50.8 Å². The van der Waals surface area contributed by atoms with Gasteiger partial charge in [0, 0.05) is 59.0 Å². The highest BCUT2D eigenvalue weighted by atomic mass is 16.5. The number of unbranched alkanes of at least 4 members (excludes halogenated alkanes) is 2. The first-order valence-corrected chi connectivity index (χ1v) is 24.3. The maximum absolute atomic E-state index is 14.7. The van der Waals surface area contributed by atoms with Crippen LogP contribution in [0.15, 0.2) is 42.5 Å². The molecule has 366 valence electrons. The maximum atomic E-state index is 14.7. The van der Waals surface area contributed by atoms with Gasteiger partial charge in [0.05, 0.1) is 48.8 Å². The monoisotopic (exact) mass is 921 g/mol. The summed E-state index contributed by atoms with van der Waals surface area (Å²) in [5.41, 5.74) is 0.693. The third-order valence-corrected chi connectivity index (χ3v) is 14.8. The first-order valence-electron chi connectivity index (χ1n) is 24.3. The number of hydrogen-bond acceptors (Lipinski definition) is 10. The lowest BCUT2D eigenvalue weighted by Crippen LogP contribution is -2.60. The first-order chi connectivity index (χ1) is 31.4. The number of fused-ring (bicyclic) bond motifs is 2. The molecule has 2 bridgehead atoms. The van der Waals surface area contributed by atoms with E-state index in [1.165, 1.54) is 24.2 Å². The number of likely N-dealkylation sites (tertiary alicyclic amines) is 2. The van der Waals surface area contributed by atoms with E-state index in [0.717, 1.165) is 25.7 Å². The summed E-state index contributed by atoms with van der Waals surface area (Å²) >= 11 is 0. The van der Waals surface area contributed by atoms with Crippen LogP contribution in [0.2, 0.25) is 0 Å². The summed E-state index contributed by atoms with van der Waals surface area (Å²) < 4.78 is 12.0. The van der Waals surface area contributed by atoms with Crippen LogP contribution in [0.25, 0.3) is 0 Å². The fourth-order valence-electron chi connectivity index (χ4n) is 10.8. The average Bonchev–Trinajstić information content (AvgIpc) is 4.13. The highest BCUT2D eigenvalue weighted by molar-refractivity contribution is 6.12. The lowest BCUT2D eigenvalue weighted by Gasteiger charge is -2.41. The Morgan fingerprint density at radius 2 is 1.56 bits per heavy atom. The molecule has 1 aliphatic carbocycles. The van der Waals surface area contributed by atoms with Crippen molar-refractivity contribution in [1.82, 2.24) is 30.2 Å². The summed E-state index contributed by atoms with van der Waals surface area (Å²) in [6.45, 7) is 12.1. The fourth-order valence-corrected chi connectivity index (χ4v) is 10.8. The van der Waals surface area contributed by atoms with Gasteiger partial charge in [-0.15, -0.1) is 0 Å². The number of aliphatic hydroxyl groups is 1. The summed E-state index contributed by atoms with van der Waals surface area (Å²) in [5, 5.41) is 16.9. The molecule has 0 spiro atoms. The number of imide groups is 1. The molecule has 1 aromatic carbocycles. The molecule has 16 nitrogen and oxygen atoms in total. The third-order valence-electron chi connectivity index (χ3n) is 14.8. The van der Waals surface area contributed by atoms with Crippen LogP contribution in [0, 0.1) is 23.7 Å². The minimum atomic E-state index is -0.904. The van der Waals surface area contributed by atoms with Crippen molar-refractivity contribution in [3.8, 4) is 0 Å². The van der Waals surface area contributed by atoms with Gasteiger partial charge in [-0.2, -0.15) is 0 Å². The smallest absolute Gasteiger partial charge is 0.253 e. The molecule has 4 aliphatic rings. The fraction of sp³-hybridized carbons (Fsp3) is 0.700. The van der Waals surface area contributed by atoms with E-state index in [-0.39, 0.29) is 84.0 Å². The molecule has 0 radical (unpaired) electrons. The minimum absolute atomic E-state index is 0.00313. The molecule has 0 aromatic heterocycles. The van der Waals surface area contributed by atoms with Gasteiger partial charge < -0.3 is 39.9 Å². The topological polar surface area (TPSA) is 195 Å². The van der Waals surface area contributed by atoms with Crippen molar-refractivity contribution in [2.45, 2.75) is 167 Å². The molecule has 16 heteroatoms. The van der Waals surface area contributed by atoms with Crippen LogP contribution in [0.1, 0.15) is 124 Å². The Hall–Kier alpha value is -4.67. The number of likely N-dealkylation sites (N-methyl/N-ethyl adjacent to an activating group) is 1. The molecular formula is C50H76N6O10. The number of carbonyl (C=O) groups excluding carboxylic acids is 7. The Bertz CT molecular complexity index is 1880. The average molecular weight is 921 g/mol. The number of benzene rings is 1. The molecule has 3 heterocycles. The van der Waals surface area contributed by atoms with Crippen molar-refractivity contribution < 1.29 is 48.1 Å². The predicted molar refractivity (Wildman–Crippen MR) is 248 cm³/mol. The lowest BCUT2D eigenvalue weighted by atomic mass is 9.89. The number of carbonyl (C=O) groups is 7. The third kappa shape index (κ3) is 12.1. The zero-order valence-electron chi connectivity index (χ0n) is 40.6. The molecule has 5 rings (SSSR count). The second-order valence-corrected chi connectivity index (χ2v) is 19.4. The zero-order valence-corrected chi connectivity index (χ0v) is 40.6. The van der Waals surface area contributed by atoms with Gasteiger partial charge in [-0.3, -0.25) is 38.5 Å². The normalized spacial score (nSPS) is 24.0. The molecule has 3 N–H and O–H groups in total. The van der Waals surface area contributed by atoms with Crippen LogP contribution in [0.5, 0.6) is 0 Å². The summed E-state index contributed by atoms with van der Waals surface area (Å²) in [4.78, 5) is 101. The van der Waals surface area contributed by atoms with Gasteiger partial charge in [0.25, 0.3) is 11.8 Å². The summed E-state index contributed by atoms with van der Waals surface area (Å²) in [5.74, 6) is -2.90. The van der Waals surface area contributed by atoms with Gasteiger partial charge in [0.15, 0.2) is 0 Å². The standard InChI is InChI=1S/C50H76N6O10/c1-10-31(4)44(38(65-8)29-42(60)54-27-17-20-37(54)47(66-9)32(5)48(62)51-33(6)46(61)34-18-13-11-14-19-34)53(7)50(64)43(30(2)3)52-49(63)45-35-22-23-36(28-35)56(45)41(59)21-15-12-16-26-55-39(57)24-25-40(55)58/h11,13-14,18-19,24-25,30-33,35-38,43-47,61H,10,12,15-17,20-23,26-29H2,1-9H3,(H,51,62)(H,52,63)/t31-,32+,33+,35-,36+,37?,38+,43?,44-,45-,46+,47+/m0/s1. The van der Waals surface area contributed by atoms with Crippen molar-refractivity contribution >= 4 is 41.4 Å². The Balaban J connectivity index is 1.22. The van der Waals surface area contributed by atoms with Gasteiger partial charge in [-0.05, 0) is 75.2 Å². The number of nitrogens with zero attached hydrogens (tertiary/aromatic N) is 4. The van der Waals surface area contributed by atoms with Crippen molar-refractivity contribution in [2.24, 2.45) is 23.7 Å². The number of aliphatic hydroxyl groups excluding tert-OH is 1. The van der Waals surface area contributed by atoms with Gasteiger partial charge in [0.2, 0.25) is 29.5 Å². The Labute approximate surface area is 391 Å². The predicted octanol–water partition coefficient (Wildman–Crippen LogP) is 4.15. The highest BCUT2D eigenvalue weighted by Gasteiger charge is 2.52. The van der Waals surface area contributed by atoms with Gasteiger partial charge in [-0.1, -0.05) is 77.8 Å². The van der Waals surface area contributed by atoms with Crippen LogP contribution < -0.4 is 10.6 Å². The van der Waals surface area contributed by atoms with Crippen molar-refractivity contribution in [3.05, 3.63) is 48.0 Å². The molecule has 1 aromatic rings. The van der Waals surface area contributed by atoms with E-state index in [2.05, 4.69) is 10.6 Å². The van der Waals surface area contributed by atoms with E-state index in [1.807, 2.05) is 58.0 Å². The van der Waals surface area contributed by atoms with E-state index in [4.69, 9.17) is 9.47 Å². The Kier molecular flexibility index (Phi) is 18.9. The lowest BCUT2D eigenvalue weighted by molar-refractivity contribution is -0.149. The largest absolute Gasteiger partial charge is 0.386 e.